The van der Waals surface area contributed by atoms with Gasteiger partial charge in [0.15, 0.2) is 0 Å². The van der Waals surface area contributed by atoms with E-state index < -0.39 is 0 Å². The van der Waals surface area contributed by atoms with Gasteiger partial charge in [0.05, 0.1) is 0 Å². The minimum Gasteiger partial charge on any atom is -0.0654 e. The maximum absolute atomic E-state index is 2.57. The van der Waals surface area contributed by atoms with Crippen LogP contribution in [0.15, 0.2) is 47.5 Å². The summed E-state index contributed by atoms with van der Waals surface area (Å²) in [5.41, 5.74) is 12.5. The van der Waals surface area contributed by atoms with Crippen molar-refractivity contribution in [3.63, 3.8) is 0 Å². The Labute approximate surface area is 203 Å². The van der Waals surface area contributed by atoms with E-state index in [1.165, 1.54) is 73.6 Å². The molecule has 2 atom stereocenters. The normalized spacial score (nSPS) is 19.3. The Balaban J connectivity index is 1.77. The third-order valence-electron chi connectivity index (χ3n) is 8.36. The first-order chi connectivity index (χ1) is 15.9. The summed E-state index contributed by atoms with van der Waals surface area (Å²) >= 11 is 0. The molecule has 0 N–H and O–H groups in total. The molecule has 0 radical (unpaired) electrons. The second kappa shape index (κ2) is 10.0. The Morgan fingerprint density at radius 3 is 1.45 bits per heavy atom. The third kappa shape index (κ3) is 4.51. The lowest BCUT2D eigenvalue weighted by Gasteiger charge is -2.42. The molecule has 0 heteroatoms. The summed E-state index contributed by atoms with van der Waals surface area (Å²) in [7, 11) is 0. The summed E-state index contributed by atoms with van der Waals surface area (Å²) in [6, 6.07) is 14.0. The fourth-order valence-corrected chi connectivity index (χ4v) is 6.76. The van der Waals surface area contributed by atoms with E-state index in [1.807, 2.05) is 0 Å². The van der Waals surface area contributed by atoms with Crippen molar-refractivity contribution in [1.29, 1.82) is 0 Å². The summed E-state index contributed by atoms with van der Waals surface area (Å²) in [4.78, 5) is 0. The maximum atomic E-state index is 2.57. The van der Waals surface area contributed by atoms with Gasteiger partial charge in [-0.3, -0.25) is 0 Å². The highest BCUT2D eigenvalue weighted by molar-refractivity contribution is 5.73. The monoisotopic (exact) mass is 440 g/mol. The fraction of sp³-hybridized carbons (Fsp3) is 0.515. The van der Waals surface area contributed by atoms with Crippen LogP contribution in [0, 0.1) is 19.3 Å². The number of allylic oxidation sites excluding steroid dienone is 2. The lowest BCUT2D eigenvalue weighted by molar-refractivity contribution is 0.267. The summed E-state index contributed by atoms with van der Waals surface area (Å²) < 4.78 is 0. The zero-order valence-electron chi connectivity index (χ0n) is 21.9. The van der Waals surface area contributed by atoms with Gasteiger partial charge in [0, 0.05) is 11.8 Å². The van der Waals surface area contributed by atoms with Crippen LogP contribution in [0.5, 0.6) is 0 Å². The zero-order chi connectivity index (χ0) is 23.6. The predicted octanol–water partition coefficient (Wildman–Crippen LogP) is 10.2. The van der Waals surface area contributed by atoms with Gasteiger partial charge >= 0.3 is 0 Å². The van der Waals surface area contributed by atoms with Crippen molar-refractivity contribution in [2.45, 2.75) is 105 Å². The number of aryl methyl sites for hydroxylation is 2. The molecule has 4 rings (SSSR count). The van der Waals surface area contributed by atoms with Crippen LogP contribution < -0.4 is 0 Å². The van der Waals surface area contributed by atoms with Gasteiger partial charge in [-0.1, -0.05) is 113 Å². The van der Waals surface area contributed by atoms with Crippen LogP contribution in [0.2, 0.25) is 0 Å². The average Bonchev–Trinajstić information content (AvgIpc) is 3.35. The molecule has 0 fully saturated rings. The molecule has 0 aromatic heterocycles. The molecule has 0 nitrogen and oxygen atoms in total. The van der Waals surface area contributed by atoms with Gasteiger partial charge in [-0.15, -0.1) is 0 Å². The molecule has 2 aliphatic rings. The largest absolute Gasteiger partial charge is 0.0654 e. The molecule has 0 aliphatic heterocycles. The molecule has 176 valence electrons. The van der Waals surface area contributed by atoms with Crippen LogP contribution >= 0.6 is 0 Å². The number of benzene rings is 2. The van der Waals surface area contributed by atoms with Gasteiger partial charge in [0.25, 0.3) is 0 Å². The lowest BCUT2D eigenvalue weighted by Crippen LogP contribution is -2.30. The molecule has 0 heterocycles. The molecule has 0 bridgehead atoms. The van der Waals surface area contributed by atoms with E-state index in [-0.39, 0.29) is 5.41 Å². The van der Waals surface area contributed by atoms with E-state index in [0.29, 0.717) is 11.8 Å². The Bertz CT molecular complexity index is 962. The summed E-state index contributed by atoms with van der Waals surface area (Å²) in [5.74, 6) is 0.991. The molecule has 0 amide bonds. The van der Waals surface area contributed by atoms with Crippen molar-refractivity contribution < 1.29 is 0 Å². The topological polar surface area (TPSA) is 0 Å². The predicted molar refractivity (Wildman–Crippen MR) is 146 cm³/mol. The summed E-state index contributed by atoms with van der Waals surface area (Å²) in [6.07, 6.45) is 15.4. The average molecular weight is 441 g/mol. The zero-order valence-corrected chi connectivity index (χ0v) is 21.9. The number of hydrogen-bond acceptors (Lipinski definition) is 0. The quantitative estimate of drug-likeness (QED) is 0.322. The minimum atomic E-state index is 0.133. The first kappa shape index (κ1) is 24.1. The van der Waals surface area contributed by atoms with Crippen molar-refractivity contribution in [1.82, 2.24) is 0 Å². The van der Waals surface area contributed by atoms with Crippen LogP contribution in [0.3, 0.4) is 0 Å². The molecule has 33 heavy (non-hydrogen) atoms. The SMILES string of the molecule is CCCCCC1=Cc2c(C)cccc2C1C(C)(C)C1C(CCCCC)=Cc2c(C)cccc21. The van der Waals surface area contributed by atoms with Gasteiger partial charge in [-0.05, 0) is 78.3 Å². The first-order valence-electron chi connectivity index (χ1n) is 13.5. The van der Waals surface area contributed by atoms with Gasteiger partial charge in [-0.25, -0.2) is 0 Å². The van der Waals surface area contributed by atoms with E-state index in [0.717, 1.165) is 0 Å². The molecular weight excluding hydrogens is 396 g/mol. The van der Waals surface area contributed by atoms with Crippen molar-refractivity contribution in [3.05, 3.63) is 80.9 Å². The smallest absolute Gasteiger partial charge is 0.0118 e. The van der Waals surface area contributed by atoms with Crippen molar-refractivity contribution in [2.75, 3.05) is 0 Å². The molecular formula is C33H44. The van der Waals surface area contributed by atoms with Gasteiger partial charge in [0.1, 0.15) is 0 Å². The molecule has 2 aliphatic carbocycles. The van der Waals surface area contributed by atoms with Gasteiger partial charge in [-0.2, -0.15) is 0 Å². The number of hydrogen-bond donors (Lipinski definition) is 0. The number of unbranched alkanes of at least 4 members (excludes halogenated alkanes) is 4. The van der Waals surface area contributed by atoms with Crippen LogP contribution in [-0.2, 0) is 0 Å². The molecule has 0 spiro atoms. The van der Waals surface area contributed by atoms with Gasteiger partial charge in [0.2, 0.25) is 0 Å². The van der Waals surface area contributed by atoms with E-state index in [2.05, 4.69) is 90.1 Å². The second-order valence-electron chi connectivity index (χ2n) is 11.2. The highest BCUT2D eigenvalue weighted by atomic mass is 14.5. The first-order valence-corrected chi connectivity index (χ1v) is 13.5. The standard InChI is InChI=1S/C33H44/c1-7-9-11-17-25-21-29-23(3)15-13-19-27(29)31(25)33(5,6)32-26(18-12-10-8-2)22-30-24(4)16-14-20-28(30)32/h13-16,19-22,31-32H,7-12,17-18H2,1-6H3. The van der Waals surface area contributed by atoms with Gasteiger partial charge < -0.3 is 0 Å². The highest BCUT2D eigenvalue weighted by Gasteiger charge is 2.46. The Morgan fingerprint density at radius 1 is 0.636 bits per heavy atom. The third-order valence-corrected chi connectivity index (χ3v) is 8.36. The number of rotatable bonds is 10. The molecule has 2 aromatic carbocycles. The van der Waals surface area contributed by atoms with Crippen molar-refractivity contribution >= 4 is 12.2 Å². The Hall–Kier alpha value is -2.08. The van der Waals surface area contributed by atoms with Crippen LogP contribution in [0.4, 0.5) is 0 Å². The summed E-state index contributed by atoms with van der Waals surface area (Å²) in [6.45, 7) is 14.3. The fourth-order valence-electron chi connectivity index (χ4n) is 6.76. The van der Waals surface area contributed by atoms with Crippen LogP contribution in [0.1, 0.15) is 124 Å². The Kier molecular flexibility index (Phi) is 7.32. The van der Waals surface area contributed by atoms with Crippen LogP contribution in [-0.4, -0.2) is 0 Å². The number of fused-ring (bicyclic) bond motifs is 2. The van der Waals surface area contributed by atoms with Crippen molar-refractivity contribution in [3.8, 4) is 0 Å². The van der Waals surface area contributed by atoms with E-state index >= 15 is 0 Å². The molecule has 2 aromatic rings. The van der Waals surface area contributed by atoms with E-state index in [9.17, 15) is 0 Å². The second-order valence-corrected chi connectivity index (χ2v) is 11.2. The maximum Gasteiger partial charge on any atom is 0.0118 e. The summed E-state index contributed by atoms with van der Waals surface area (Å²) in [5, 5.41) is 0. The molecule has 0 saturated heterocycles. The van der Waals surface area contributed by atoms with Crippen molar-refractivity contribution in [2.24, 2.45) is 5.41 Å². The Morgan fingerprint density at radius 2 is 1.06 bits per heavy atom. The lowest BCUT2D eigenvalue weighted by atomic mass is 9.61. The van der Waals surface area contributed by atoms with E-state index in [4.69, 9.17) is 0 Å². The van der Waals surface area contributed by atoms with E-state index in [1.54, 1.807) is 22.3 Å². The van der Waals surface area contributed by atoms with Crippen LogP contribution in [0.25, 0.3) is 12.2 Å². The molecule has 0 saturated carbocycles. The highest BCUT2D eigenvalue weighted by Crippen LogP contribution is 2.60. The minimum absolute atomic E-state index is 0.133. The molecule has 2 unspecified atom stereocenters.